The summed E-state index contributed by atoms with van der Waals surface area (Å²) in [5, 5.41) is 4.12. The molecular weight excluding hydrogens is 448 g/mol. The highest BCUT2D eigenvalue weighted by molar-refractivity contribution is 8.00. The van der Waals surface area contributed by atoms with Crippen molar-refractivity contribution < 1.29 is 23.9 Å². The zero-order chi connectivity index (χ0) is 22.7. The van der Waals surface area contributed by atoms with Crippen LogP contribution in [0.4, 0.5) is 11.4 Å². The molecule has 3 aromatic rings. The molecule has 7 nitrogen and oxygen atoms in total. The summed E-state index contributed by atoms with van der Waals surface area (Å²) in [5.41, 5.74) is 1.41. The number of esters is 1. The fourth-order valence-electron chi connectivity index (χ4n) is 3.21. The Morgan fingerprint density at radius 1 is 1.06 bits per heavy atom. The number of amides is 3. The van der Waals surface area contributed by atoms with Gasteiger partial charge in [-0.25, -0.2) is 9.69 Å². The van der Waals surface area contributed by atoms with Crippen LogP contribution < -0.4 is 10.2 Å². The minimum Gasteiger partial charge on any atom is -0.465 e. The Balaban J connectivity index is 1.40. The van der Waals surface area contributed by atoms with Crippen molar-refractivity contribution in [2.75, 3.05) is 17.3 Å². The van der Waals surface area contributed by atoms with Crippen molar-refractivity contribution >= 4 is 58.2 Å². The molecule has 4 rings (SSSR count). The van der Waals surface area contributed by atoms with Crippen LogP contribution in [0.2, 0.25) is 0 Å². The van der Waals surface area contributed by atoms with Crippen LogP contribution in [0, 0.1) is 0 Å². The normalized spacial score (nSPS) is 15.7. The number of imide groups is 1. The summed E-state index contributed by atoms with van der Waals surface area (Å²) >= 11 is 2.67. The van der Waals surface area contributed by atoms with E-state index in [4.69, 9.17) is 0 Å². The summed E-state index contributed by atoms with van der Waals surface area (Å²) in [6, 6.07) is 16.9. The molecule has 0 bridgehead atoms. The van der Waals surface area contributed by atoms with Crippen LogP contribution in [-0.4, -0.2) is 36.1 Å². The lowest BCUT2D eigenvalue weighted by Gasteiger charge is -2.15. The monoisotopic (exact) mass is 466 g/mol. The first kappa shape index (κ1) is 21.8. The van der Waals surface area contributed by atoms with Crippen molar-refractivity contribution in [3.05, 3.63) is 76.5 Å². The third-order valence-electron chi connectivity index (χ3n) is 4.79. The molecule has 0 saturated carbocycles. The molecule has 2 aromatic carbocycles. The first-order valence-corrected chi connectivity index (χ1v) is 11.4. The summed E-state index contributed by atoms with van der Waals surface area (Å²) in [5.74, 6) is -1.26. The lowest BCUT2D eigenvalue weighted by molar-refractivity contribution is -0.121. The first-order chi connectivity index (χ1) is 15.5. The van der Waals surface area contributed by atoms with E-state index in [0.29, 0.717) is 21.8 Å². The molecule has 162 valence electrons. The highest BCUT2D eigenvalue weighted by Crippen LogP contribution is 2.34. The zero-order valence-electron chi connectivity index (χ0n) is 16.9. The fraction of sp³-hybridized carbons (Fsp3) is 0.130. The number of anilines is 2. The molecule has 1 atom stereocenters. The molecule has 2 heterocycles. The Kier molecular flexibility index (Phi) is 6.38. The molecule has 9 heteroatoms. The Morgan fingerprint density at radius 2 is 1.78 bits per heavy atom. The van der Waals surface area contributed by atoms with E-state index in [1.165, 1.54) is 42.3 Å². The van der Waals surface area contributed by atoms with Gasteiger partial charge < -0.3 is 10.1 Å². The van der Waals surface area contributed by atoms with Crippen molar-refractivity contribution in [1.29, 1.82) is 0 Å². The summed E-state index contributed by atoms with van der Waals surface area (Å²) in [4.78, 5) is 51.7. The van der Waals surface area contributed by atoms with Crippen LogP contribution >= 0.6 is 23.1 Å². The molecule has 1 aliphatic rings. The lowest BCUT2D eigenvalue weighted by Crippen LogP contribution is -2.31. The maximum atomic E-state index is 12.9. The molecule has 1 aromatic heterocycles. The highest BCUT2D eigenvalue weighted by atomic mass is 32.2. The molecule has 1 N–H and O–H groups in total. The van der Waals surface area contributed by atoms with E-state index in [0.717, 1.165) is 9.80 Å². The molecule has 0 radical (unpaired) electrons. The van der Waals surface area contributed by atoms with Gasteiger partial charge in [0.2, 0.25) is 11.8 Å². The molecule has 32 heavy (non-hydrogen) atoms. The minimum atomic E-state index is -0.547. The highest BCUT2D eigenvalue weighted by Gasteiger charge is 2.40. The topological polar surface area (TPSA) is 92.8 Å². The second-order valence-electron chi connectivity index (χ2n) is 6.87. The number of carbonyl (C=O) groups excluding carboxylic acids is 4. The Morgan fingerprint density at radius 3 is 2.41 bits per heavy atom. The smallest absolute Gasteiger partial charge is 0.337 e. The molecule has 0 spiro atoms. The van der Waals surface area contributed by atoms with E-state index >= 15 is 0 Å². The van der Waals surface area contributed by atoms with Crippen LogP contribution in [0.3, 0.4) is 0 Å². The average Bonchev–Trinajstić information content (AvgIpc) is 3.43. The number of hydrogen-bond donors (Lipinski definition) is 1. The molecule has 1 unspecified atom stereocenters. The van der Waals surface area contributed by atoms with Crippen molar-refractivity contribution in [2.24, 2.45) is 0 Å². The second kappa shape index (κ2) is 9.37. The second-order valence-corrected chi connectivity index (χ2v) is 9.10. The van der Waals surface area contributed by atoms with Gasteiger partial charge in [-0.15, -0.1) is 23.1 Å². The van der Waals surface area contributed by atoms with E-state index in [1.807, 2.05) is 11.4 Å². The van der Waals surface area contributed by atoms with Gasteiger partial charge in [-0.3, -0.25) is 14.4 Å². The number of carbonyl (C=O) groups is 4. The summed E-state index contributed by atoms with van der Waals surface area (Å²) in [6.45, 7) is 0. The number of thiophene rings is 1. The van der Waals surface area contributed by atoms with E-state index < -0.39 is 11.2 Å². The van der Waals surface area contributed by atoms with Crippen molar-refractivity contribution in [2.45, 2.75) is 16.6 Å². The number of benzene rings is 2. The SMILES string of the molecule is COC(=O)c1ccc(N2C(=O)CC(Sc3ccc(NC(=O)c4cccs4)cc3)C2=O)cc1. The summed E-state index contributed by atoms with van der Waals surface area (Å²) in [7, 11) is 1.29. The lowest BCUT2D eigenvalue weighted by atomic mass is 10.2. The first-order valence-electron chi connectivity index (χ1n) is 9.63. The fourth-order valence-corrected chi connectivity index (χ4v) is 4.89. The summed E-state index contributed by atoms with van der Waals surface area (Å²) < 4.78 is 4.66. The van der Waals surface area contributed by atoms with Gasteiger partial charge in [0.05, 0.1) is 28.5 Å². The van der Waals surface area contributed by atoms with Crippen LogP contribution in [0.15, 0.2) is 70.9 Å². The standard InChI is InChI=1S/C23H18N2O5S2/c1-30-23(29)14-4-8-16(9-5-14)25-20(26)13-19(22(25)28)32-17-10-6-15(7-11-17)24-21(27)18-3-2-12-31-18/h2-12,19H,13H2,1H3,(H,24,27). The minimum absolute atomic E-state index is 0.0825. The maximum absolute atomic E-state index is 12.9. The van der Waals surface area contributed by atoms with Crippen LogP contribution in [-0.2, 0) is 14.3 Å². The van der Waals surface area contributed by atoms with Gasteiger partial charge in [-0.2, -0.15) is 0 Å². The van der Waals surface area contributed by atoms with Gasteiger partial charge in [-0.05, 0) is 60.0 Å². The molecule has 1 fully saturated rings. The van der Waals surface area contributed by atoms with Gasteiger partial charge >= 0.3 is 5.97 Å². The Hall–Kier alpha value is -3.43. The van der Waals surface area contributed by atoms with Crippen molar-refractivity contribution in [1.82, 2.24) is 0 Å². The molecule has 0 aliphatic carbocycles. The van der Waals surface area contributed by atoms with Gasteiger partial charge in [-0.1, -0.05) is 6.07 Å². The van der Waals surface area contributed by atoms with Gasteiger partial charge in [0, 0.05) is 17.0 Å². The molecular formula is C23H18N2O5S2. The molecule has 1 aliphatic heterocycles. The third-order valence-corrected chi connectivity index (χ3v) is 6.85. The average molecular weight is 467 g/mol. The molecule has 3 amide bonds. The van der Waals surface area contributed by atoms with Gasteiger partial charge in [0.1, 0.15) is 0 Å². The Bertz CT molecular complexity index is 1160. The van der Waals surface area contributed by atoms with E-state index in [1.54, 1.807) is 42.5 Å². The number of nitrogens with one attached hydrogen (secondary N) is 1. The Labute approximate surface area is 192 Å². The van der Waals surface area contributed by atoms with Gasteiger partial charge in [0.15, 0.2) is 0 Å². The number of thioether (sulfide) groups is 1. The number of ether oxygens (including phenoxy) is 1. The predicted molar refractivity (Wildman–Crippen MR) is 123 cm³/mol. The summed E-state index contributed by atoms with van der Waals surface area (Å²) in [6.07, 6.45) is 0.0825. The van der Waals surface area contributed by atoms with Crippen LogP contribution in [0.5, 0.6) is 0 Å². The maximum Gasteiger partial charge on any atom is 0.337 e. The quantitative estimate of drug-likeness (QED) is 0.432. The number of methoxy groups -OCH3 is 1. The van der Waals surface area contributed by atoms with E-state index in [2.05, 4.69) is 10.1 Å². The predicted octanol–water partition coefficient (Wildman–Crippen LogP) is 4.21. The van der Waals surface area contributed by atoms with Crippen molar-refractivity contribution in [3.8, 4) is 0 Å². The van der Waals surface area contributed by atoms with Crippen LogP contribution in [0.1, 0.15) is 26.5 Å². The van der Waals surface area contributed by atoms with Crippen LogP contribution in [0.25, 0.3) is 0 Å². The van der Waals surface area contributed by atoms with E-state index in [-0.39, 0.29) is 24.1 Å². The number of hydrogen-bond acceptors (Lipinski definition) is 7. The van der Waals surface area contributed by atoms with Crippen molar-refractivity contribution in [3.63, 3.8) is 0 Å². The van der Waals surface area contributed by atoms with E-state index in [9.17, 15) is 19.2 Å². The number of nitrogens with zero attached hydrogens (tertiary/aromatic N) is 1. The largest absolute Gasteiger partial charge is 0.465 e. The van der Waals surface area contributed by atoms with Gasteiger partial charge in [0.25, 0.3) is 5.91 Å². The third kappa shape index (κ3) is 4.58. The number of rotatable bonds is 6. The zero-order valence-corrected chi connectivity index (χ0v) is 18.6. The molecule has 1 saturated heterocycles.